The predicted molar refractivity (Wildman–Crippen MR) is 118 cm³/mol. The lowest BCUT2D eigenvalue weighted by Gasteiger charge is -2.19. The van der Waals surface area contributed by atoms with Crippen LogP contribution in [-0.2, 0) is 27.8 Å². The van der Waals surface area contributed by atoms with Crippen molar-refractivity contribution in [3.05, 3.63) is 90.3 Å². The molecule has 0 aliphatic rings. The third kappa shape index (κ3) is 6.63. The van der Waals surface area contributed by atoms with E-state index in [-0.39, 0.29) is 17.9 Å². The molecule has 0 unspecified atom stereocenters. The van der Waals surface area contributed by atoms with Gasteiger partial charge in [-0.05, 0) is 54.8 Å². The number of carbonyl (C=O) groups is 1. The van der Waals surface area contributed by atoms with E-state index in [0.29, 0.717) is 12.4 Å². The normalized spacial score (nSPS) is 12.2. The number of nitrogens with one attached hydrogen (secondary N) is 2. The van der Waals surface area contributed by atoms with Crippen molar-refractivity contribution in [2.75, 3.05) is 6.61 Å². The molecule has 0 aliphatic heterocycles. The number of rotatable bonds is 10. The zero-order chi connectivity index (χ0) is 22.1. The van der Waals surface area contributed by atoms with Crippen molar-refractivity contribution in [3.8, 4) is 5.75 Å². The summed E-state index contributed by atoms with van der Waals surface area (Å²) >= 11 is 0. The summed E-state index contributed by atoms with van der Waals surface area (Å²) < 4.78 is 33.8. The first-order valence-electron chi connectivity index (χ1n) is 9.93. The predicted octanol–water partition coefficient (Wildman–Crippen LogP) is 2.69. The van der Waals surface area contributed by atoms with Crippen molar-refractivity contribution in [1.29, 1.82) is 0 Å². The quantitative estimate of drug-likeness (QED) is 0.506. The lowest BCUT2D eigenvalue weighted by molar-refractivity contribution is -0.122. The number of aromatic nitrogens is 1. The van der Waals surface area contributed by atoms with Gasteiger partial charge in [-0.15, -0.1) is 0 Å². The van der Waals surface area contributed by atoms with Crippen LogP contribution in [0.5, 0.6) is 5.75 Å². The molecule has 1 atom stereocenters. The molecule has 7 nitrogen and oxygen atoms in total. The molecule has 3 rings (SSSR count). The Hall–Kier alpha value is -3.23. The molecule has 0 radical (unpaired) electrons. The minimum absolute atomic E-state index is 0.0640. The average molecular weight is 440 g/mol. The summed E-state index contributed by atoms with van der Waals surface area (Å²) in [5, 5.41) is 2.79. The maximum absolute atomic E-state index is 12.9. The number of pyridine rings is 1. The van der Waals surface area contributed by atoms with Gasteiger partial charge in [-0.2, -0.15) is 4.72 Å². The van der Waals surface area contributed by atoms with Gasteiger partial charge < -0.3 is 10.1 Å². The Morgan fingerprint density at radius 2 is 1.71 bits per heavy atom. The molecule has 1 aromatic heterocycles. The summed E-state index contributed by atoms with van der Waals surface area (Å²) in [4.78, 5) is 17.0. The molecule has 0 fully saturated rings. The van der Waals surface area contributed by atoms with E-state index in [1.165, 1.54) is 12.1 Å². The second-order valence-electron chi connectivity index (χ2n) is 6.85. The van der Waals surface area contributed by atoms with Gasteiger partial charge in [0, 0.05) is 18.9 Å². The van der Waals surface area contributed by atoms with E-state index in [4.69, 9.17) is 4.74 Å². The molecular weight excluding hydrogens is 414 g/mol. The summed E-state index contributed by atoms with van der Waals surface area (Å²) in [7, 11) is -3.92. The number of carbonyl (C=O) groups excluding carboxylic acids is 1. The van der Waals surface area contributed by atoms with Crippen LogP contribution in [0.25, 0.3) is 0 Å². The number of benzene rings is 2. The van der Waals surface area contributed by atoms with E-state index in [9.17, 15) is 13.2 Å². The molecule has 0 saturated carbocycles. The van der Waals surface area contributed by atoms with Crippen molar-refractivity contribution in [1.82, 2.24) is 15.0 Å². The van der Waals surface area contributed by atoms with E-state index in [1.807, 2.05) is 43.3 Å². The first kappa shape index (κ1) is 22.5. The lowest BCUT2D eigenvalue weighted by atomic mass is 10.1. The molecular formula is C23H25N3O4S. The van der Waals surface area contributed by atoms with Gasteiger partial charge in [-0.25, -0.2) is 8.42 Å². The Balaban J connectivity index is 1.77. The van der Waals surface area contributed by atoms with Crippen LogP contribution in [0.15, 0.2) is 84.0 Å². The van der Waals surface area contributed by atoms with Crippen LogP contribution in [-0.4, -0.2) is 32.0 Å². The average Bonchev–Trinajstić information content (AvgIpc) is 2.79. The number of hydrogen-bond donors (Lipinski definition) is 2. The zero-order valence-corrected chi connectivity index (χ0v) is 18.0. The smallest absolute Gasteiger partial charge is 0.241 e. The summed E-state index contributed by atoms with van der Waals surface area (Å²) in [5.41, 5.74) is 1.67. The minimum Gasteiger partial charge on any atom is -0.494 e. The molecule has 162 valence electrons. The van der Waals surface area contributed by atoms with Gasteiger partial charge in [-0.3, -0.25) is 9.78 Å². The molecule has 31 heavy (non-hydrogen) atoms. The first-order chi connectivity index (χ1) is 15.0. The molecule has 0 saturated heterocycles. The summed E-state index contributed by atoms with van der Waals surface area (Å²) in [6, 6.07) is 18.0. The fourth-order valence-electron chi connectivity index (χ4n) is 2.99. The minimum atomic E-state index is -3.92. The van der Waals surface area contributed by atoms with Gasteiger partial charge in [0.2, 0.25) is 15.9 Å². The second-order valence-corrected chi connectivity index (χ2v) is 8.56. The molecule has 1 amide bonds. The van der Waals surface area contributed by atoms with Crippen molar-refractivity contribution in [2.24, 2.45) is 0 Å². The summed E-state index contributed by atoms with van der Waals surface area (Å²) in [6.07, 6.45) is 3.51. The maximum atomic E-state index is 12.9. The second kappa shape index (κ2) is 10.7. The highest BCUT2D eigenvalue weighted by Gasteiger charge is 2.26. The van der Waals surface area contributed by atoms with Crippen LogP contribution in [0.1, 0.15) is 18.1 Å². The fraction of sp³-hybridized carbons (Fsp3) is 0.217. The summed E-state index contributed by atoms with van der Waals surface area (Å²) in [5.74, 6) is 0.165. The number of hydrogen-bond acceptors (Lipinski definition) is 5. The van der Waals surface area contributed by atoms with Crippen LogP contribution >= 0.6 is 0 Å². The van der Waals surface area contributed by atoms with Gasteiger partial charge >= 0.3 is 0 Å². The Bertz CT molecular complexity index is 1070. The first-order valence-corrected chi connectivity index (χ1v) is 11.4. The molecule has 2 N–H and O–H groups in total. The SMILES string of the molecule is CCOc1ccc(S(=O)(=O)N[C@H](Cc2ccccc2)C(=O)NCc2cccnc2)cc1. The van der Waals surface area contributed by atoms with Crippen LogP contribution in [0, 0.1) is 0 Å². The van der Waals surface area contributed by atoms with Gasteiger partial charge in [0.1, 0.15) is 11.8 Å². The van der Waals surface area contributed by atoms with E-state index >= 15 is 0 Å². The monoisotopic (exact) mass is 439 g/mol. The van der Waals surface area contributed by atoms with Crippen LogP contribution in [0.2, 0.25) is 0 Å². The van der Waals surface area contributed by atoms with Crippen molar-refractivity contribution >= 4 is 15.9 Å². The Morgan fingerprint density at radius 3 is 2.35 bits per heavy atom. The van der Waals surface area contributed by atoms with Gasteiger partial charge in [0.15, 0.2) is 0 Å². The van der Waals surface area contributed by atoms with Crippen LogP contribution < -0.4 is 14.8 Å². The van der Waals surface area contributed by atoms with E-state index in [2.05, 4.69) is 15.0 Å². The molecule has 0 spiro atoms. The highest BCUT2D eigenvalue weighted by atomic mass is 32.2. The fourth-order valence-corrected chi connectivity index (χ4v) is 4.19. The number of nitrogens with zero attached hydrogens (tertiary/aromatic N) is 1. The highest BCUT2D eigenvalue weighted by Crippen LogP contribution is 2.17. The highest BCUT2D eigenvalue weighted by molar-refractivity contribution is 7.89. The number of sulfonamides is 1. The van der Waals surface area contributed by atoms with E-state index < -0.39 is 22.0 Å². The van der Waals surface area contributed by atoms with Gasteiger partial charge in [0.25, 0.3) is 0 Å². The number of amides is 1. The Kier molecular flexibility index (Phi) is 7.75. The Labute approximate surface area is 182 Å². The standard InChI is InChI=1S/C23H25N3O4S/c1-2-30-20-10-12-21(13-11-20)31(28,29)26-22(15-18-7-4-3-5-8-18)23(27)25-17-19-9-6-14-24-16-19/h3-14,16,22,26H,2,15,17H2,1H3,(H,25,27)/t22-/m1/s1. The van der Waals surface area contributed by atoms with E-state index in [0.717, 1.165) is 11.1 Å². The Morgan fingerprint density at radius 1 is 1.00 bits per heavy atom. The van der Waals surface area contributed by atoms with Crippen LogP contribution in [0.4, 0.5) is 0 Å². The molecule has 3 aromatic rings. The summed E-state index contributed by atoms with van der Waals surface area (Å²) in [6.45, 7) is 2.59. The lowest BCUT2D eigenvalue weighted by Crippen LogP contribution is -2.47. The van der Waals surface area contributed by atoms with Crippen molar-refractivity contribution < 1.29 is 17.9 Å². The molecule has 8 heteroatoms. The molecule has 2 aromatic carbocycles. The molecule has 1 heterocycles. The van der Waals surface area contributed by atoms with Gasteiger partial charge in [-0.1, -0.05) is 36.4 Å². The van der Waals surface area contributed by atoms with Crippen molar-refractivity contribution in [3.63, 3.8) is 0 Å². The molecule has 0 bridgehead atoms. The topological polar surface area (TPSA) is 97.4 Å². The van der Waals surface area contributed by atoms with Crippen molar-refractivity contribution in [2.45, 2.75) is 30.8 Å². The van der Waals surface area contributed by atoms with Crippen LogP contribution in [0.3, 0.4) is 0 Å². The largest absolute Gasteiger partial charge is 0.494 e. The third-order valence-electron chi connectivity index (χ3n) is 4.53. The third-order valence-corrected chi connectivity index (χ3v) is 6.02. The number of ether oxygens (including phenoxy) is 1. The van der Waals surface area contributed by atoms with E-state index in [1.54, 1.807) is 30.6 Å². The zero-order valence-electron chi connectivity index (χ0n) is 17.2. The van der Waals surface area contributed by atoms with Gasteiger partial charge in [0.05, 0.1) is 11.5 Å². The molecule has 0 aliphatic carbocycles. The maximum Gasteiger partial charge on any atom is 0.241 e.